The number of hydrogen-bond donors (Lipinski definition) is 0. The van der Waals surface area contributed by atoms with Crippen molar-refractivity contribution in [2.75, 3.05) is 27.2 Å². The lowest BCUT2D eigenvalue weighted by atomic mass is 10.8. The van der Waals surface area contributed by atoms with Crippen LogP contribution in [-0.2, 0) is 13.3 Å². The average Bonchev–Trinajstić information content (AvgIpc) is 2.08. The third-order valence-corrected chi connectivity index (χ3v) is 3.79. The minimum atomic E-state index is -2.50. The molecule has 11 heavy (non-hydrogen) atoms. The zero-order valence-corrected chi connectivity index (χ0v) is 8.72. The van der Waals surface area contributed by atoms with Crippen LogP contribution >= 0.6 is 11.6 Å². The van der Waals surface area contributed by atoms with E-state index in [0.29, 0.717) is 5.88 Å². The van der Waals surface area contributed by atoms with Crippen LogP contribution in [0.2, 0.25) is 0 Å². The number of halogens is 1. The second kappa shape index (κ2) is 5.74. The van der Waals surface area contributed by atoms with Gasteiger partial charge in [0.15, 0.2) is 0 Å². The van der Waals surface area contributed by atoms with Gasteiger partial charge in [0.05, 0.1) is 0 Å². The standard InChI is InChI=1S/C6H13ClO3Si/c1-8-11(9-2,10-3)6-4-5-7/h4,6H,5H2,1-3H3. The molecule has 0 spiro atoms. The Morgan fingerprint density at radius 3 is 1.91 bits per heavy atom. The molecular formula is C6H13ClO3Si. The van der Waals surface area contributed by atoms with Gasteiger partial charge in [0.2, 0.25) is 0 Å². The van der Waals surface area contributed by atoms with Crippen molar-refractivity contribution in [1.82, 2.24) is 0 Å². The largest absolute Gasteiger partial charge is 0.528 e. The number of allylic oxidation sites excluding steroid dienone is 1. The van der Waals surface area contributed by atoms with E-state index in [2.05, 4.69) is 0 Å². The summed E-state index contributed by atoms with van der Waals surface area (Å²) in [4.78, 5) is 0. The van der Waals surface area contributed by atoms with Crippen molar-refractivity contribution in [3.63, 3.8) is 0 Å². The first kappa shape index (κ1) is 11.1. The Bertz CT molecular complexity index is 117. The van der Waals surface area contributed by atoms with E-state index in [4.69, 9.17) is 24.9 Å². The molecule has 3 nitrogen and oxygen atoms in total. The quantitative estimate of drug-likeness (QED) is 0.489. The zero-order valence-electron chi connectivity index (χ0n) is 6.96. The smallest absolute Gasteiger partial charge is 0.374 e. The van der Waals surface area contributed by atoms with Gasteiger partial charge in [-0.3, -0.25) is 0 Å². The first-order valence-electron chi connectivity index (χ1n) is 3.13. The van der Waals surface area contributed by atoms with Gasteiger partial charge in [0.25, 0.3) is 0 Å². The predicted molar refractivity (Wildman–Crippen MR) is 46.6 cm³/mol. The zero-order chi connectivity index (χ0) is 8.74. The highest BCUT2D eigenvalue weighted by atomic mass is 35.5. The van der Waals surface area contributed by atoms with Crippen molar-refractivity contribution in [3.8, 4) is 0 Å². The molecule has 0 radical (unpaired) electrons. The molecule has 0 amide bonds. The molecule has 0 aliphatic rings. The molecule has 0 saturated carbocycles. The summed E-state index contributed by atoms with van der Waals surface area (Å²) in [6.45, 7) is 0. The molecule has 66 valence electrons. The van der Waals surface area contributed by atoms with Crippen LogP contribution in [0.25, 0.3) is 0 Å². The minimum absolute atomic E-state index is 0.435. The summed E-state index contributed by atoms with van der Waals surface area (Å²) in [6, 6.07) is 0. The van der Waals surface area contributed by atoms with E-state index in [9.17, 15) is 0 Å². The molecule has 0 unspecified atom stereocenters. The lowest BCUT2D eigenvalue weighted by Gasteiger charge is -2.19. The van der Waals surface area contributed by atoms with Crippen LogP contribution < -0.4 is 0 Å². The molecule has 0 aliphatic heterocycles. The fourth-order valence-corrected chi connectivity index (χ4v) is 2.20. The van der Waals surface area contributed by atoms with Gasteiger partial charge in [-0.15, -0.1) is 11.6 Å². The Kier molecular flexibility index (Phi) is 5.80. The molecule has 0 aromatic heterocycles. The summed E-state index contributed by atoms with van der Waals surface area (Å²) < 4.78 is 15.3. The molecule has 0 aromatic carbocycles. The lowest BCUT2D eigenvalue weighted by molar-refractivity contribution is 0.138. The molecule has 0 aromatic rings. The minimum Gasteiger partial charge on any atom is -0.374 e. The van der Waals surface area contributed by atoms with Gasteiger partial charge < -0.3 is 13.3 Å². The fraction of sp³-hybridized carbons (Fsp3) is 0.667. The van der Waals surface area contributed by atoms with Crippen LogP contribution in [0.15, 0.2) is 11.8 Å². The van der Waals surface area contributed by atoms with Crippen LogP contribution in [-0.4, -0.2) is 36.0 Å². The van der Waals surface area contributed by atoms with Crippen molar-refractivity contribution in [2.45, 2.75) is 0 Å². The summed E-state index contributed by atoms with van der Waals surface area (Å²) in [6.07, 6.45) is 1.75. The van der Waals surface area contributed by atoms with Crippen LogP contribution in [0, 0.1) is 0 Å². The van der Waals surface area contributed by atoms with Gasteiger partial charge in [-0.25, -0.2) is 0 Å². The molecule has 0 atom stereocenters. The maximum atomic E-state index is 5.45. The summed E-state index contributed by atoms with van der Waals surface area (Å²) in [7, 11) is 2.16. The molecule has 0 fully saturated rings. The lowest BCUT2D eigenvalue weighted by Crippen LogP contribution is -2.40. The fourth-order valence-electron chi connectivity index (χ4n) is 0.643. The first-order chi connectivity index (χ1) is 5.24. The Hall–Kier alpha value is 0.127. The third kappa shape index (κ3) is 3.35. The first-order valence-corrected chi connectivity index (χ1v) is 5.47. The van der Waals surface area contributed by atoms with Crippen LogP contribution in [0.5, 0.6) is 0 Å². The Labute approximate surface area is 73.3 Å². The molecule has 5 heteroatoms. The second-order valence-electron chi connectivity index (χ2n) is 1.77. The summed E-state index contributed by atoms with van der Waals surface area (Å²) in [5, 5.41) is 0. The normalized spacial score (nSPS) is 12.7. The van der Waals surface area contributed by atoms with E-state index >= 15 is 0 Å². The van der Waals surface area contributed by atoms with Gasteiger partial charge in [-0.1, -0.05) is 6.08 Å². The summed E-state index contributed by atoms with van der Waals surface area (Å²) in [5.74, 6) is 0.435. The van der Waals surface area contributed by atoms with E-state index < -0.39 is 8.80 Å². The third-order valence-electron chi connectivity index (χ3n) is 1.26. The van der Waals surface area contributed by atoms with Crippen molar-refractivity contribution in [2.24, 2.45) is 0 Å². The topological polar surface area (TPSA) is 27.7 Å². The molecule has 0 aliphatic carbocycles. The van der Waals surface area contributed by atoms with Gasteiger partial charge in [0, 0.05) is 27.2 Å². The van der Waals surface area contributed by atoms with Crippen molar-refractivity contribution in [3.05, 3.63) is 11.8 Å². The maximum Gasteiger partial charge on any atom is 0.528 e. The Morgan fingerprint density at radius 2 is 1.64 bits per heavy atom. The highest BCUT2D eigenvalue weighted by Gasteiger charge is 2.33. The van der Waals surface area contributed by atoms with Gasteiger partial charge in [0.1, 0.15) is 0 Å². The predicted octanol–water partition coefficient (Wildman–Crippen LogP) is 1.20. The van der Waals surface area contributed by atoms with Crippen LogP contribution in [0.4, 0.5) is 0 Å². The van der Waals surface area contributed by atoms with E-state index in [0.717, 1.165) is 0 Å². The second-order valence-corrected chi connectivity index (χ2v) is 4.85. The number of rotatable bonds is 5. The molecule has 0 bridgehead atoms. The average molecular weight is 197 g/mol. The number of hydrogen-bond acceptors (Lipinski definition) is 3. The van der Waals surface area contributed by atoms with Crippen LogP contribution in [0.3, 0.4) is 0 Å². The van der Waals surface area contributed by atoms with E-state index in [-0.39, 0.29) is 0 Å². The molecular weight excluding hydrogens is 184 g/mol. The summed E-state index contributed by atoms with van der Waals surface area (Å²) in [5.41, 5.74) is 1.75. The van der Waals surface area contributed by atoms with Crippen molar-refractivity contribution in [1.29, 1.82) is 0 Å². The van der Waals surface area contributed by atoms with Crippen molar-refractivity contribution < 1.29 is 13.3 Å². The maximum absolute atomic E-state index is 5.45. The van der Waals surface area contributed by atoms with Gasteiger partial charge in [-0.2, -0.15) is 0 Å². The summed E-state index contributed by atoms with van der Waals surface area (Å²) >= 11 is 5.45. The van der Waals surface area contributed by atoms with E-state index in [1.54, 1.807) is 33.1 Å². The highest BCUT2D eigenvalue weighted by Crippen LogP contribution is 2.07. The van der Waals surface area contributed by atoms with Crippen molar-refractivity contribution >= 4 is 20.4 Å². The Balaban J connectivity index is 4.16. The van der Waals surface area contributed by atoms with Gasteiger partial charge in [-0.05, 0) is 5.70 Å². The van der Waals surface area contributed by atoms with E-state index in [1.165, 1.54) is 0 Å². The molecule has 0 heterocycles. The number of alkyl halides is 1. The monoisotopic (exact) mass is 196 g/mol. The van der Waals surface area contributed by atoms with E-state index in [1.807, 2.05) is 0 Å². The molecule has 0 N–H and O–H groups in total. The SMILES string of the molecule is CO[Si](C=CCCl)(OC)OC. The van der Waals surface area contributed by atoms with Crippen LogP contribution in [0.1, 0.15) is 0 Å². The molecule has 0 saturated heterocycles. The molecule has 0 rings (SSSR count). The Morgan fingerprint density at radius 1 is 1.18 bits per heavy atom. The van der Waals surface area contributed by atoms with Gasteiger partial charge >= 0.3 is 8.80 Å². The highest BCUT2D eigenvalue weighted by molar-refractivity contribution is 6.66.